The van der Waals surface area contributed by atoms with Crippen LogP contribution in [-0.2, 0) is 6.42 Å². The number of thiazole rings is 1. The molecular weight excluding hydrogens is 462 g/mol. The molecule has 2 aromatic carbocycles. The summed E-state index contributed by atoms with van der Waals surface area (Å²) in [6, 6.07) is 13.1. The van der Waals surface area contributed by atoms with Gasteiger partial charge in [-0.25, -0.2) is 4.98 Å². The number of carbonyl (C=O) groups excluding carboxylic acids is 1. The third-order valence-electron chi connectivity index (χ3n) is 5.89. The Labute approximate surface area is 201 Å². The van der Waals surface area contributed by atoms with Crippen molar-refractivity contribution in [2.24, 2.45) is 0 Å². The summed E-state index contributed by atoms with van der Waals surface area (Å²) in [6.07, 6.45) is 0.757. The molecule has 3 aromatic rings. The molecule has 0 bridgehead atoms. The zero-order valence-electron chi connectivity index (χ0n) is 18.2. The number of anilines is 1. The number of rotatable bonds is 7. The molecule has 9 heteroatoms. The lowest BCUT2D eigenvalue weighted by molar-refractivity contribution is 0.00936. The molecule has 1 amide bonds. The van der Waals surface area contributed by atoms with Gasteiger partial charge in [0.15, 0.2) is 11.5 Å². The Balaban J connectivity index is 1.33. The summed E-state index contributed by atoms with van der Waals surface area (Å²) < 4.78 is 11.6. The Morgan fingerprint density at radius 2 is 1.97 bits per heavy atom. The summed E-state index contributed by atoms with van der Waals surface area (Å²) in [6.45, 7) is 2.92. The normalized spacial score (nSPS) is 16.5. The van der Waals surface area contributed by atoms with E-state index >= 15 is 0 Å². The summed E-state index contributed by atoms with van der Waals surface area (Å²) in [7, 11) is 1.60. The molecule has 0 radical (unpaired) electrons. The van der Waals surface area contributed by atoms with Crippen LogP contribution < -0.4 is 14.4 Å². The van der Waals surface area contributed by atoms with Crippen molar-refractivity contribution in [1.29, 1.82) is 0 Å². The molecule has 1 N–H and O–H groups in total. The van der Waals surface area contributed by atoms with Crippen molar-refractivity contribution in [1.82, 2.24) is 9.88 Å². The van der Waals surface area contributed by atoms with E-state index < -0.39 is 0 Å². The maximum atomic E-state index is 13.3. The Morgan fingerprint density at radius 1 is 1.18 bits per heavy atom. The number of nitrogens with zero attached hydrogens (tertiary/aromatic N) is 3. The lowest BCUT2D eigenvalue weighted by Gasteiger charge is -2.38. The van der Waals surface area contributed by atoms with Gasteiger partial charge in [0.05, 0.1) is 19.4 Å². The van der Waals surface area contributed by atoms with E-state index in [0.717, 1.165) is 35.0 Å². The molecule has 0 saturated carbocycles. The van der Waals surface area contributed by atoms with Crippen molar-refractivity contribution in [3.63, 3.8) is 0 Å². The molecule has 1 fully saturated rings. The molecule has 0 unspecified atom stereocenters. The first-order valence-corrected chi connectivity index (χ1v) is 12.0. The Morgan fingerprint density at radius 3 is 2.70 bits per heavy atom. The highest BCUT2D eigenvalue weighted by atomic mass is 35.5. The minimum absolute atomic E-state index is 0.0525. The van der Waals surface area contributed by atoms with Gasteiger partial charge >= 0.3 is 0 Å². The summed E-state index contributed by atoms with van der Waals surface area (Å²) in [5.41, 5.74) is 2.57. The van der Waals surface area contributed by atoms with Crippen LogP contribution in [0.1, 0.15) is 15.4 Å². The van der Waals surface area contributed by atoms with Gasteiger partial charge in [-0.15, -0.1) is 11.3 Å². The number of aromatic nitrogens is 1. The van der Waals surface area contributed by atoms with Gasteiger partial charge in [0.2, 0.25) is 0 Å². The summed E-state index contributed by atoms with van der Waals surface area (Å²) >= 11 is 7.41. The van der Waals surface area contributed by atoms with Crippen LogP contribution in [0.4, 0.5) is 5.69 Å². The number of β-amino-alcohol motifs (C(OH)–C–C–N with tert-alkyl or cyclic N) is 1. The van der Waals surface area contributed by atoms with E-state index in [4.69, 9.17) is 31.2 Å². The number of hydrogen-bond donors (Lipinski definition) is 1. The first kappa shape index (κ1) is 22.2. The first-order valence-electron chi connectivity index (χ1n) is 10.8. The molecule has 1 saturated heterocycles. The predicted molar refractivity (Wildman–Crippen MR) is 129 cm³/mol. The van der Waals surface area contributed by atoms with Gasteiger partial charge in [0, 0.05) is 54.9 Å². The topological polar surface area (TPSA) is 75.1 Å². The van der Waals surface area contributed by atoms with Crippen LogP contribution in [0, 0.1) is 0 Å². The van der Waals surface area contributed by atoms with E-state index in [9.17, 15) is 4.79 Å². The number of benzene rings is 2. The Hall–Kier alpha value is -2.65. The van der Waals surface area contributed by atoms with Crippen LogP contribution in [0.2, 0.25) is 5.02 Å². The maximum Gasteiger partial charge on any atom is 0.270 e. The summed E-state index contributed by atoms with van der Waals surface area (Å²) in [5.74, 6) is 1.20. The number of carbonyl (C=O) groups is 1. The number of amides is 1. The third kappa shape index (κ3) is 4.44. The van der Waals surface area contributed by atoms with Crippen LogP contribution in [0.15, 0.2) is 42.5 Å². The highest BCUT2D eigenvalue weighted by Gasteiger charge is 2.31. The van der Waals surface area contributed by atoms with Crippen molar-refractivity contribution in [2.45, 2.75) is 12.5 Å². The number of hydrogen-bond acceptors (Lipinski definition) is 7. The van der Waals surface area contributed by atoms with E-state index in [1.165, 1.54) is 11.3 Å². The van der Waals surface area contributed by atoms with Crippen molar-refractivity contribution in [2.75, 3.05) is 44.8 Å². The number of aliphatic hydroxyl groups is 1. The number of halogens is 1. The van der Waals surface area contributed by atoms with Crippen LogP contribution >= 0.6 is 22.9 Å². The zero-order valence-corrected chi connectivity index (χ0v) is 19.7. The van der Waals surface area contributed by atoms with Crippen LogP contribution in [0.3, 0.4) is 0 Å². The number of likely N-dealkylation sites (tertiary alicyclic amines) is 1. The molecule has 3 heterocycles. The number of fused-ring (bicyclic) bond motifs is 1. The molecule has 1 aromatic heterocycles. The lowest BCUT2D eigenvalue weighted by Crippen LogP contribution is -2.54. The number of methoxy groups -OCH3 is 1. The zero-order chi connectivity index (χ0) is 22.9. The highest BCUT2D eigenvalue weighted by Crippen LogP contribution is 2.37. The SMILES string of the molecule is COc1cc(N2CCc3nc(-c4ccc(Cl)cc4)sc3C2=O)ccc1OC1CN(CCO)C1. The average Bonchev–Trinajstić information content (AvgIpc) is 3.24. The molecule has 172 valence electrons. The van der Waals surface area contributed by atoms with Gasteiger partial charge in [-0.2, -0.15) is 0 Å². The molecule has 5 rings (SSSR count). The second-order valence-corrected chi connectivity index (χ2v) is 9.50. The Kier molecular flexibility index (Phi) is 6.25. The maximum absolute atomic E-state index is 13.3. The van der Waals surface area contributed by atoms with E-state index in [2.05, 4.69) is 4.90 Å². The molecule has 0 aliphatic carbocycles. The second kappa shape index (κ2) is 9.30. The fourth-order valence-electron chi connectivity index (χ4n) is 4.11. The first-order chi connectivity index (χ1) is 16.1. The van der Waals surface area contributed by atoms with Crippen LogP contribution in [0.5, 0.6) is 11.5 Å². The molecular formula is C24H24ClN3O4S. The van der Waals surface area contributed by atoms with Crippen LogP contribution in [0.25, 0.3) is 10.6 Å². The van der Waals surface area contributed by atoms with Crippen LogP contribution in [-0.4, -0.2) is 66.9 Å². The van der Waals surface area contributed by atoms with Crippen molar-refractivity contribution < 1.29 is 19.4 Å². The van der Waals surface area contributed by atoms with E-state index in [1.807, 2.05) is 42.5 Å². The summed E-state index contributed by atoms with van der Waals surface area (Å²) in [4.78, 5) is 22.6. The quantitative estimate of drug-likeness (QED) is 0.549. The van der Waals surface area contributed by atoms with Crippen molar-refractivity contribution in [3.8, 4) is 22.1 Å². The molecule has 33 heavy (non-hydrogen) atoms. The molecule has 2 aliphatic rings. The van der Waals surface area contributed by atoms with E-state index in [-0.39, 0.29) is 18.6 Å². The van der Waals surface area contributed by atoms with Gasteiger partial charge in [-0.1, -0.05) is 23.7 Å². The minimum atomic E-state index is -0.0525. The van der Waals surface area contributed by atoms with Crippen molar-refractivity contribution >= 4 is 34.5 Å². The van der Waals surface area contributed by atoms with Gasteiger partial charge in [-0.3, -0.25) is 9.69 Å². The molecule has 0 atom stereocenters. The van der Waals surface area contributed by atoms with Gasteiger partial charge in [0.1, 0.15) is 16.0 Å². The number of aliphatic hydroxyl groups excluding tert-OH is 1. The fourth-order valence-corrected chi connectivity index (χ4v) is 5.31. The minimum Gasteiger partial charge on any atom is -0.493 e. The van der Waals surface area contributed by atoms with E-state index in [0.29, 0.717) is 40.9 Å². The van der Waals surface area contributed by atoms with E-state index in [1.54, 1.807) is 12.0 Å². The average molecular weight is 486 g/mol. The predicted octanol–water partition coefficient (Wildman–Crippen LogP) is 3.73. The lowest BCUT2D eigenvalue weighted by atomic mass is 10.1. The van der Waals surface area contributed by atoms with Crippen molar-refractivity contribution in [3.05, 3.63) is 58.1 Å². The standard InChI is InChI=1S/C24H24ClN3O4S/c1-31-21-12-17(6-7-20(21)32-18-13-27(14-18)10-11-29)28-9-8-19-22(24(28)30)33-23(26-19)15-2-4-16(25)5-3-15/h2-7,12,18,29H,8-11,13-14H2,1H3. The van der Waals surface area contributed by atoms with Gasteiger partial charge in [-0.05, 0) is 24.3 Å². The Bertz CT molecular complexity index is 1160. The smallest absolute Gasteiger partial charge is 0.270 e. The third-order valence-corrected chi connectivity index (χ3v) is 7.28. The largest absolute Gasteiger partial charge is 0.493 e. The van der Waals surface area contributed by atoms with Gasteiger partial charge < -0.3 is 19.5 Å². The monoisotopic (exact) mass is 485 g/mol. The molecule has 2 aliphatic heterocycles. The molecule has 7 nitrogen and oxygen atoms in total. The summed E-state index contributed by atoms with van der Waals surface area (Å²) in [5, 5.41) is 10.5. The number of ether oxygens (including phenoxy) is 2. The van der Waals surface area contributed by atoms with Gasteiger partial charge in [0.25, 0.3) is 5.91 Å². The second-order valence-electron chi connectivity index (χ2n) is 8.07. The molecule has 0 spiro atoms. The highest BCUT2D eigenvalue weighted by molar-refractivity contribution is 7.17. The fraction of sp³-hybridized carbons (Fsp3) is 0.333.